The number of carbonyl (C=O) groups is 1. The van der Waals surface area contributed by atoms with Gasteiger partial charge in [0.25, 0.3) is 0 Å². The van der Waals surface area contributed by atoms with Gasteiger partial charge in [-0.15, -0.1) is 0 Å². The standard InChI is InChI=1S/C27H32N2O3/c1-28(2)23-13-7-20(8-14-23)27(21-9-15-24(16-10-21)29(3)4)22-11-17-25(18-12-22)32-19-5-6-26(30)31/h7-18,27H,5-6,19H2,1-4H3,(H,30,31). The van der Waals surface area contributed by atoms with Crippen LogP contribution in [0.15, 0.2) is 72.8 Å². The molecule has 1 N–H and O–H groups in total. The van der Waals surface area contributed by atoms with E-state index >= 15 is 0 Å². The maximum absolute atomic E-state index is 10.7. The highest BCUT2D eigenvalue weighted by Crippen LogP contribution is 2.34. The molecular formula is C27H32N2O3. The van der Waals surface area contributed by atoms with Crippen molar-refractivity contribution >= 4 is 17.3 Å². The average Bonchev–Trinajstić information content (AvgIpc) is 2.78. The van der Waals surface area contributed by atoms with Crippen LogP contribution in [0.3, 0.4) is 0 Å². The van der Waals surface area contributed by atoms with E-state index in [1.807, 2.05) is 40.3 Å². The Balaban J connectivity index is 1.87. The molecule has 3 aromatic carbocycles. The van der Waals surface area contributed by atoms with Gasteiger partial charge in [-0.05, 0) is 59.5 Å². The minimum Gasteiger partial charge on any atom is -0.494 e. The van der Waals surface area contributed by atoms with Crippen LogP contribution in [0.1, 0.15) is 35.4 Å². The van der Waals surface area contributed by atoms with Crippen LogP contribution in [-0.2, 0) is 4.79 Å². The number of rotatable bonds is 10. The molecule has 5 heteroatoms. The highest BCUT2D eigenvalue weighted by atomic mass is 16.5. The average molecular weight is 433 g/mol. The Morgan fingerprint density at radius 2 is 1.16 bits per heavy atom. The summed E-state index contributed by atoms with van der Waals surface area (Å²) in [6.07, 6.45) is 0.613. The lowest BCUT2D eigenvalue weighted by Crippen LogP contribution is -2.10. The summed E-state index contributed by atoms with van der Waals surface area (Å²) in [5.41, 5.74) is 5.96. The number of benzene rings is 3. The van der Waals surface area contributed by atoms with Crippen molar-refractivity contribution < 1.29 is 14.6 Å². The van der Waals surface area contributed by atoms with Gasteiger partial charge in [-0.3, -0.25) is 4.79 Å². The van der Waals surface area contributed by atoms with Crippen LogP contribution < -0.4 is 14.5 Å². The van der Waals surface area contributed by atoms with Crippen molar-refractivity contribution in [2.75, 3.05) is 44.6 Å². The Hall–Kier alpha value is -3.47. The summed E-state index contributed by atoms with van der Waals surface area (Å²) in [6.45, 7) is 0.396. The summed E-state index contributed by atoms with van der Waals surface area (Å²) < 4.78 is 5.71. The first-order valence-electron chi connectivity index (χ1n) is 10.8. The van der Waals surface area contributed by atoms with Crippen molar-refractivity contribution in [2.24, 2.45) is 0 Å². The number of carboxylic acids is 1. The normalized spacial score (nSPS) is 10.8. The largest absolute Gasteiger partial charge is 0.494 e. The minimum absolute atomic E-state index is 0.100. The second-order valence-corrected chi connectivity index (χ2v) is 8.32. The molecule has 0 saturated heterocycles. The van der Waals surface area contributed by atoms with E-state index in [2.05, 4.69) is 70.5 Å². The van der Waals surface area contributed by atoms with Crippen molar-refractivity contribution in [2.45, 2.75) is 18.8 Å². The molecule has 0 fully saturated rings. The van der Waals surface area contributed by atoms with Crippen LogP contribution in [0.5, 0.6) is 5.75 Å². The van der Waals surface area contributed by atoms with Crippen LogP contribution in [0, 0.1) is 0 Å². The van der Waals surface area contributed by atoms with Gasteiger partial charge in [0.1, 0.15) is 5.75 Å². The number of aliphatic carboxylic acids is 1. The van der Waals surface area contributed by atoms with Gasteiger partial charge in [0.15, 0.2) is 0 Å². The summed E-state index contributed by atoms with van der Waals surface area (Å²) in [4.78, 5) is 14.9. The van der Waals surface area contributed by atoms with Gasteiger partial charge < -0.3 is 19.6 Å². The Labute approximate surface area is 190 Å². The third-order valence-electron chi connectivity index (χ3n) is 5.50. The van der Waals surface area contributed by atoms with Crippen LogP contribution >= 0.6 is 0 Å². The topological polar surface area (TPSA) is 53.0 Å². The van der Waals surface area contributed by atoms with Crippen LogP contribution in [0.2, 0.25) is 0 Å². The van der Waals surface area contributed by atoms with Crippen molar-refractivity contribution in [1.29, 1.82) is 0 Å². The SMILES string of the molecule is CN(C)c1ccc(C(c2ccc(OCCCC(=O)O)cc2)c2ccc(N(C)C)cc2)cc1. The number of carboxylic acid groups (broad SMARTS) is 1. The minimum atomic E-state index is -0.799. The number of ether oxygens (including phenoxy) is 1. The van der Waals surface area contributed by atoms with E-state index in [1.54, 1.807) is 0 Å². The molecule has 0 bridgehead atoms. The molecule has 0 amide bonds. The summed E-state index contributed by atoms with van der Waals surface area (Å²) in [5, 5.41) is 8.76. The number of hydrogen-bond acceptors (Lipinski definition) is 4. The predicted molar refractivity (Wildman–Crippen MR) is 131 cm³/mol. The second-order valence-electron chi connectivity index (χ2n) is 8.32. The van der Waals surface area contributed by atoms with Crippen molar-refractivity contribution in [1.82, 2.24) is 0 Å². The molecule has 3 aromatic rings. The third kappa shape index (κ3) is 6.03. The smallest absolute Gasteiger partial charge is 0.303 e. The summed E-state index contributed by atoms with van der Waals surface area (Å²) in [7, 11) is 8.17. The van der Waals surface area contributed by atoms with Gasteiger partial charge in [-0.25, -0.2) is 0 Å². The number of anilines is 2. The molecule has 0 unspecified atom stereocenters. The van der Waals surface area contributed by atoms with E-state index in [1.165, 1.54) is 28.1 Å². The molecule has 5 nitrogen and oxygen atoms in total. The zero-order valence-corrected chi connectivity index (χ0v) is 19.3. The predicted octanol–water partition coefficient (Wildman–Crippen LogP) is 5.24. The fourth-order valence-electron chi connectivity index (χ4n) is 3.68. The Bertz CT molecular complexity index is 943. The summed E-state index contributed by atoms with van der Waals surface area (Å²) in [6, 6.07) is 25.5. The molecule has 0 aliphatic carbocycles. The first-order chi connectivity index (χ1) is 15.3. The zero-order valence-electron chi connectivity index (χ0n) is 19.3. The van der Waals surface area contributed by atoms with E-state index in [0.29, 0.717) is 13.0 Å². The van der Waals surface area contributed by atoms with Gasteiger partial charge in [0.05, 0.1) is 6.61 Å². The first-order valence-corrected chi connectivity index (χ1v) is 10.8. The van der Waals surface area contributed by atoms with E-state index in [-0.39, 0.29) is 12.3 Å². The maximum Gasteiger partial charge on any atom is 0.303 e. The Kier molecular flexibility index (Phi) is 7.77. The van der Waals surface area contributed by atoms with E-state index in [4.69, 9.17) is 9.84 Å². The molecule has 168 valence electrons. The molecule has 0 radical (unpaired) electrons. The number of nitrogens with zero attached hydrogens (tertiary/aromatic N) is 2. The van der Waals surface area contributed by atoms with Crippen molar-refractivity contribution in [3.05, 3.63) is 89.5 Å². The van der Waals surface area contributed by atoms with Crippen molar-refractivity contribution in [3.63, 3.8) is 0 Å². The van der Waals surface area contributed by atoms with Gasteiger partial charge in [-0.1, -0.05) is 36.4 Å². The monoisotopic (exact) mass is 432 g/mol. The number of hydrogen-bond donors (Lipinski definition) is 1. The van der Waals surface area contributed by atoms with E-state index in [0.717, 1.165) is 5.75 Å². The van der Waals surface area contributed by atoms with Crippen LogP contribution in [0.25, 0.3) is 0 Å². The second kappa shape index (κ2) is 10.7. The Morgan fingerprint density at radius 1 is 0.750 bits per heavy atom. The van der Waals surface area contributed by atoms with Gasteiger partial charge in [0, 0.05) is 51.9 Å². The first kappa shape index (κ1) is 23.2. The lowest BCUT2D eigenvalue weighted by molar-refractivity contribution is -0.137. The molecule has 0 spiro atoms. The fraction of sp³-hybridized carbons (Fsp3) is 0.296. The molecule has 0 saturated carbocycles. The molecule has 0 heterocycles. The zero-order chi connectivity index (χ0) is 23.1. The molecule has 32 heavy (non-hydrogen) atoms. The fourth-order valence-corrected chi connectivity index (χ4v) is 3.68. The third-order valence-corrected chi connectivity index (χ3v) is 5.50. The lowest BCUT2D eigenvalue weighted by atomic mass is 9.85. The molecule has 0 atom stereocenters. The van der Waals surface area contributed by atoms with Gasteiger partial charge in [0.2, 0.25) is 0 Å². The van der Waals surface area contributed by atoms with Gasteiger partial charge >= 0.3 is 5.97 Å². The van der Waals surface area contributed by atoms with E-state index in [9.17, 15) is 4.79 Å². The maximum atomic E-state index is 10.7. The molecular weight excluding hydrogens is 400 g/mol. The van der Waals surface area contributed by atoms with Crippen LogP contribution in [-0.4, -0.2) is 45.9 Å². The Morgan fingerprint density at radius 3 is 1.53 bits per heavy atom. The summed E-state index contributed by atoms with van der Waals surface area (Å²) >= 11 is 0. The van der Waals surface area contributed by atoms with Crippen molar-refractivity contribution in [3.8, 4) is 5.75 Å². The molecule has 0 aliphatic heterocycles. The highest BCUT2D eigenvalue weighted by molar-refractivity contribution is 5.66. The molecule has 3 rings (SSSR count). The van der Waals surface area contributed by atoms with Crippen LogP contribution in [0.4, 0.5) is 11.4 Å². The van der Waals surface area contributed by atoms with E-state index < -0.39 is 5.97 Å². The molecule has 0 aromatic heterocycles. The van der Waals surface area contributed by atoms with Gasteiger partial charge in [-0.2, -0.15) is 0 Å². The summed E-state index contributed by atoms with van der Waals surface area (Å²) in [5.74, 6) is 0.0552. The lowest BCUT2D eigenvalue weighted by Gasteiger charge is -2.22. The highest BCUT2D eigenvalue weighted by Gasteiger charge is 2.17. The quantitative estimate of drug-likeness (QED) is 0.351. The molecule has 0 aliphatic rings.